The Morgan fingerprint density at radius 3 is 1.14 bits per heavy atom. The highest BCUT2D eigenvalue weighted by atomic mass is 15.1. The molecular formula is C21H45N. The van der Waals surface area contributed by atoms with Gasteiger partial charge >= 0.3 is 0 Å². The lowest BCUT2D eigenvalue weighted by Crippen LogP contribution is -2.32. The largest absolute Gasteiger partial charge is 0.301 e. The van der Waals surface area contributed by atoms with Crippen LogP contribution in [0.2, 0.25) is 0 Å². The molecule has 0 fully saturated rings. The van der Waals surface area contributed by atoms with Crippen molar-refractivity contribution in [1.29, 1.82) is 0 Å². The maximum absolute atomic E-state index is 2.71. The predicted octanol–water partition coefficient (Wildman–Crippen LogP) is 7.20. The van der Waals surface area contributed by atoms with E-state index in [4.69, 9.17) is 0 Å². The third-order valence-electron chi connectivity index (χ3n) is 4.83. The highest BCUT2D eigenvalue weighted by Gasteiger charge is 2.08. The fraction of sp³-hybridized carbons (Fsp3) is 1.00. The van der Waals surface area contributed by atoms with Gasteiger partial charge in [0.25, 0.3) is 0 Å². The van der Waals surface area contributed by atoms with Crippen molar-refractivity contribution in [3.05, 3.63) is 0 Å². The molecule has 0 aromatic heterocycles. The second-order valence-electron chi connectivity index (χ2n) is 7.37. The van der Waals surface area contributed by atoms with E-state index in [1.165, 1.54) is 103 Å². The Kier molecular flexibility index (Phi) is 17.3. The van der Waals surface area contributed by atoms with Crippen molar-refractivity contribution >= 4 is 0 Å². The minimum absolute atomic E-state index is 0.722. The van der Waals surface area contributed by atoms with Crippen LogP contribution in [-0.2, 0) is 0 Å². The zero-order chi connectivity index (χ0) is 16.5. The number of hydrogen-bond acceptors (Lipinski definition) is 1. The Hall–Kier alpha value is -0.0400. The highest BCUT2D eigenvalue weighted by Crippen LogP contribution is 2.11. The van der Waals surface area contributed by atoms with Gasteiger partial charge in [-0.1, -0.05) is 90.9 Å². The normalized spacial score (nSPS) is 11.7. The summed E-state index contributed by atoms with van der Waals surface area (Å²) >= 11 is 0. The molecule has 0 aromatic rings. The molecule has 0 heterocycles. The van der Waals surface area contributed by atoms with Crippen LogP contribution in [0, 0.1) is 0 Å². The first-order valence-corrected chi connectivity index (χ1v) is 10.5. The first-order chi connectivity index (χ1) is 10.7. The molecule has 1 nitrogen and oxygen atoms in total. The first-order valence-electron chi connectivity index (χ1n) is 10.5. The molecule has 0 radical (unpaired) electrons. The fourth-order valence-corrected chi connectivity index (χ4v) is 3.17. The molecule has 0 aliphatic heterocycles. The van der Waals surface area contributed by atoms with Crippen LogP contribution < -0.4 is 0 Å². The van der Waals surface area contributed by atoms with Gasteiger partial charge < -0.3 is 4.90 Å². The van der Waals surface area contributed by atoms with Crippen molar-refractivity contribution in [3.63, 3.8) is 0 Å². The Morgan fingerprint density at radius 1 is 0.500 bits per heavy atom. The molecule has 0 bridgehead atoms. The van der Waals surface area contributed by atoms with Gasteiger partial charge in [0.15, 0.2) is 0 Å². The molecule has 0 atom stereocenters. The van der Waals surface area contributed by atoms with Gasteiger partial charge in [-0.2, -0.15) is 0 Å². The van der Waals surface area contributed by atoms with Crippen LogP contribution in [0.4, 0.5) is 0 Å². The Morgan fingerprint density at radius 2 is 0.818 bits per heavy atom. The van der Waals surface area contributed by atoms with Crippen LogP contribution in [0.25, 0.3) is 0 Å². The quantitative estimate of drug-likeness (QED) is 0.257. The van der Waals surface area contributed by atoms with E-state index >= 15 is 0 Å². The summed E-state index contributed by atoms with van der Waals surface area (Å²) in [6, 6.07) is 0.722. The molecule has 0 saturated carbocycles. The van der Waals surface area contributed by atoms with Crippen molar-refractivity contribution in [2.75, 3.05) is 13.1 Å². The molecule has 0 aliphatic carbocycles. The van der Waals surface area contributed by atoms with Gasteiger partial charge in [-0.05, 0) is 39.8 Å². The van der Waals surface area contributed by atoms with E-state index in [-0.39, 0.29) is 0 Å². The van der Waals surface area contributed by atoms with Crippen LogP contribution in [0.5, 0.6) is 0 Å². The molecule has 0 saturated heterocycles. The summed E-state index contributed by atoms with van der Waals surface area (Å²) in [6.07, 6.45) is 19.9. The fourth-order valence-electron chi connectivity index (χ4n) is 3.17. The van der Waals surface area contributed by atoms with E-state index in [0.29, 0.717) is 0 Å². The molecule has 0 rings (SSSR count). The van der Waals surface area contributed by atoms with Gasteiger partial charge in [0, 0.05) is 6.04 Å². The summed E-state index contributed by atoms with van der Waals surface area (Å²) in [6.45, 7) is 12.0. The first kappa shape index (κ1) is 22.0. The van der Waals surface area contributed by atoms with E-state index in [1.54, 1.807) is 0 Å². The Balaban J connectivity index is 3.48. The summed E-state index contributed by atoms with van der Waals surface area (Å²) < 4.78 is 0. The van der Waals surface area contributed by atoms with Crippen LogP contribution >= 0.6 is 0 Å². The lowest BCUT2D eigenvalue weighted by atomic mass is 10.1. The maximum Gasteiger partial charge on any atom is 0.00385 e. The minimum Gasteiger partial charge on any atom is -0.301 e. The predicted molar refractivity (Wildman–Crippen MR) is 103 cm³/mol. The molecule has 0 spiro atoms. The zero-order valence-electron chi connectivity index (χ0n) is 16.3. The van der Waals surface area contributed by atoms with Crippen LogP contribution in [-0.4, -0.2) is 24.0 Å². The molecular weight excluding hydrogens is 266 g/mol. The summed E-state index contributed by atoms with van der Waals surface area (Å²) in [5.74, 6) is 0. The standard InChI is InChI=1S/C21H45N/c1-5-7-9-11-13-14-16-18-20-22(21(3)4)19-17-15-12-10-8-6-2/h21H,5-20H2,1-4H3. The monoisotopic (exact) mass is 311 g/mol. The van der Waals surface area contributed by atoms with Crippen LogP contribution in [0.15, 0.2) is 0 Å². The average Bonchev–Trinajstić information content (AvgIpc) is 2.50. The Bertz CT molecular complexity index is 200. The number of rotatable bonds is 17. The third-order valence-corrected chi connectivity index (χ3v) is 4.83. The van der Waals surface area contributed by atoms with Crippen molar-refractivity contribution in [1.82, 2.24) is 4.90 Å². The minimum atomic E-state index is 0.722. The lowest BCUT2D eigenvalue weighted by Gasteiger charge is -2.26. The molecule has 0 aromatic carbocycles. The molecule has 0 N–H and O–H groups in total. The van der Waals surface area contributed by atoms with E-state index in [0.717, 1.165) is 6.04 Å². The van der Waals surface area contributed by atoms with Gasteiger partial charge in [-0.25, -0.2) is 0 Å². The van der Waals surface area contributed by atoms with E-state index in [9.17, 15) is 0 Å². The average molecular weight is 312 g/mol. The molecule has 0 amide bonds. The molecule has 0 aliphatic rings. The van der Waals surface area contributed by atoms with E-state index in [1.807, 2.05) is 0 Å². The summed E-state index contributed by atoms with van der Waals surface area (Å²) in [4.78, 5) is 2.71. The van der Waals surface area contributed by atoms with Crippen LogP contribution in [0.3, 0.4) is 0 Å². The van der Waals surface area contributed by atoms with Gasteiger partial charge in [0.1, 0.15) is 0 Å². The van der Waals surface area contributed by atoms with Gasteiger partial charge in [0.2, 0.25) is 0 Å². The van der Waals surface area contributed by atoms with E-state index in [2.05, 4.69) is 32.6 Å². The summed E-state index contributed by atoms with van der Waals surface area (Å²) in [7, 11) is 0. The van der Waals surface area contributed by atoms with Crippen molar-refractivity contribution in [2.24, 2.45) is 0 Å². The second kappa shape index (κ2) is 17.3. The molecule has 134 valence electrons. The molecule has 0 unspecified atom stereocenters. The second-order valence-corrected chi connectivity index (χ2v) is 7.37. The number of unbranched alkanes of at least 4 members (excludes halogenated alkanes) is 12. The van der Waals surface area contributed by atoms with Gasteiger partial charge in [-0.15, -0.1) is 0 Å². The van der Waals surface area contributed by atoms with Crippen molar-refractivity contribution in [3.8, 4) is 0 Å². The smallest absolute Gasteiger partial charge is 0.00385 e. The van der Waals surface area contributed by atoms with Crippen molar-refractivity contribution < 1.29 is 0 Å². The molecule has 1 heteroatoms. The van der Waals surface area contributed by atoms with Crippen LogP contribution in [0.1, 0.15) is 118 Å². The SMILES string of the molecule is CCCCCCCCCCN(CCCCCCCC)C(C)C. The molecule has 22 heavy (non-hydrogen) atoms. The topological polar surface area (TPSA) is 3.24 Å². The lowest BCUT2D eigenvalue weighted by molar-refractivity contribution is 0.211. The zero-order valence-corrected chi connectivity index (χ0v) is 16.3. The number of hydrogen-bond donors (Lipinski definition) is 0. The third kappa shape index (κ3) is 14.9. The van der Waals surface area contributed by atoms with Gasteiger partial charge in [-0.3, -0.25) is 0 Å². The number of nitrogens with zero attached hydrogens (tertiary/aromatic N) is 1. The highest BCUT2D eigenvalue weighted by molar-refractivity contribution is 4.63. The Labute approximate surface area is 142 Å². The van der Waals surface area contributed by atoms with Gasteiger partial charge in [0.05, 0.1) is 0 Å². The summed E-state index contributed by atoms with van der Waals surface area (Å²) in [5.41, 5.74) is 0. The maximum atomic E-state index is 2.71. The van der Waals surface area contributed by atoms with Crippen molar-refractivity contribution in [2.45, 2.75) is 124 Å². The van der Waals surface area contributed by atoms with E-state index < -0.39 is 0 Å². The summed E-state index contributed by atoms with van der Waals surface area (Å²) in [5, 5.41) is 0.